The van der Waals surface area contributed by atoms with E-state index in [4.69, 9.17) is 10.2 Å². The van der Waals surface area contributed by atoms with Gasteiger partial charge >= 0.3 is 0 Å². The Hall–Kier alpha value is -2.96. The van der Waals surface area contributed by atoms with Gasteiger partial charge in [0.2, 0.25) is 0 Å². The lowest BCUT2D eigenvalue weighted by atomic mass is 9.98. The first-order valence-electron chi connectivity index (χ1n) is 10.2. The lowest BCUT2D eigenvalue weighted by Gasteiger charge is -2.35. The van der Waals surface area contributed by atoms with Gasteiger partial charge in [-0.2, -0.15) is 5.26 Å². The van der Waals surface area contributed by atoms with Gasteiger partial charge in [-0.3, -0.25) is 9.69 Å². The van der Waals surface area contributed by atoms with Gasteiger partial charge in [-0.05, 0) is 56.8 Å². The molecule has 0 unspecified atom stereocenters. The van der Waals surface area contributed by atoms with Crippen molar-refractivity contribution < 1.29 is 9.21 Å². The number of furan rings is 1. The summed E-state index contributed by atoms with van der Waals surface area (Å²) in [4.78, 5) is 22.0. The van der Waals surface area contributed by atoms with Gasteiger partial charge in [-0.1, -0.05) is 28.1 Å². The predicted octanol–water partition coefficient (Wildman–Crippen LogP) is 4.96. The second-order valence-electron chi connectivity index (χ2n) is 7.28. The fourth-order valence-electron chi connectivity index (χ4n) is 3.83. The van der Waals surface area contributed by atoms with Crippen LogP contribution in [0.1, 0.15) is 32.6 Å². The number of amides is 1. The molecule has 1 aromatic carbocycles. The number of amidine groups is 1. The number of hydrogen-bond donors (Lipinski definition) is 1. The summed E-state index contributed by atoms with van der Waals surface area (Å²) in [7, 11) is 0. The number of fused-ring (bicyclic) bond motifs is 1. The van der Waals surface area contributed by atoms with E-state index in [1.807, 2.05) is 57.2 Å². The number of nitrogens with two attached hydrogens (primary N) is 1. The first-order chi connectivity index (χ1) is 15.4. The number of likely N-dealkylation sites (N-methyl/N-ethyl adjacent to an activating group) is 1. The summed E-state index contributed by atoms with van der Waals surface area (Å²) in [5.41, 5.74) is 8.35. The van der Waals surface area contributed by atoms with Gasteiger partial charge in [-0.15, -0.1) is 0 Å². The van der Waals surface area contributed by atoms with Crippen molar-refractivity contribution in [3.8, 4) is 17.4 Å². The lowest BCUT2D eigenvalue weighted by molar-refractivity contribution is -0.127. The van der Waals surface area contributed by atoms with Crippen molar-refractivity contribution in [1.82, 2.24) is 9.80 Å². The highest BCUT2D eigenvalue weighted by molar-refractivity contribution is 9.10. The van der Waals surface area contributed by atoms with E-state index in [0.29, 0.717) is 46.0 Å². The highest BCUT2D eigenvalue weighted by Gasteiger charge is 2.44. The van der Waals surface area contributed by atoms with E-state index in [1.54, 1.807) is 9.80 Å². The molecule has 2 aliphatic heterocycles. The van der Waals surface area contributed by atoms with Crippen LogP contribution in [0.15, 0.2) is 72.3 Å². The topological polar surface area (TPSA) is 98.9 Å². The van der Waals surface area contributed by atoms with Gasteiger partial charge in [-0.25, -0.2) is 4.99 Å². The molecule has 0 saturated carbocycles. The molecule has 1 aromatic heterocycles. The number of benzene rings is 1. The molecule has 2 N–H and O–H groups in total. The number of carbonyl (C=O) groups is 1. The largest absolute Gasteiger partial charge is 0.458 e. The van der Waals surface area contributed by atoms with E-state index in [0.717, 1.165) is 10.0 Å². The highest BCUT2D eigenvalue weighted by Crippen LogP contribution is 2.46. The molecule has 32 heavy (non-hydrogen) atoms. The maximum absolute atomic E-state index is 13.5. The van der Waals surface area contributed by atoms with Crippen LogP contribution < -0.4 is 5.73 Å². The first kappa shape index (κ1) is 22.2. The third-order valence-electron chi connectivity index (χ3n) is 5.48. The Labute approximate surface area is 199 Å². The SMILES string of the molecule is CCN(CC)C(=O)C1=C(C)N=C2SC(C#N)=C(N)N2[C@H]1c1ccc(-c2ccc(Br)cc2)o1. The normalized spacial score (nSPS) is 17.9. The Balaban J connectivity index is 1.84. The number of hydrogen-bond acceptors (Lipinski definition) is 7. The maximum Gasteiger partial charge on any atom is 0.254 e. The zero-order chi connectivity index (χ0) is 23.0. The van der Waals surface area contributed by atoms with E-state index in [2.05, 4.69) is 27.0 Å². The minimum atomic E-state index is -0.613. The summed E-state index contributed by atoms with van der Waals surface area (Å²) in [6, 6.07) is 13.1. The van der Waals surface area contributed by atoms with Crippen LogP contribution in [-0.2, 0) is 4.79 Å². The minimum absolute atomic E-state index is 0.120. The summed E-state index contributed by atoms with van der Waals surface area (Å²) in [5, 5.41) is 10.1. The summed E-state index contributed by atoms with van der Waals surface area (Å²) < 4.78 is 7.24. The first-order valence-corrected chi connectivity index (χ1v) is 11.8. The molecule has 0 fully saturated rings. The van der Waals surface area contributed by atoms with Crippen LogP contribution in [0.4, 0.5) is 0 Å². The van der Waals surface area contributed by atoms with Crippen LogP contribution in [0.3, 0.4) is 0 Å². The molecule has 0 spiro atoms. The van der Waals surface area contributed by atoms with Crippen molar-refractivity contribution in [2.75, 3.05) is 13.1 Å². The molecule has 164 valence electrons. The standard InChI is InChI=1S/C23H22BrN5O2S/c1-4-28(5-2)22(30)19-13(3)27-23-29(21(26)18(12-25)32-23)20(19)17-11-10-16(31-17)14-6-8-15(24)9-7-14/h6-11,20H,4-5,26H2,1-3H3/t20-/m0/s1. The zero-order valence-electron chi connectivity index (χ0n) is 17.9. The minimum Gasteiger partial charge on any atom is -0.458 e. The molecule has 7 nitrogen and oxygen atoms in total. The average Bonchev–Trinajstić information content (AvgIpc) is 3.39. The number of nitriles is 1. The van der Waals surface area contributed by atoms with Gasteiger partial charge in [0.05, 0.1) is 11.3 Å². The third-order valence-corrected chi connectivity index (χ3v) is 6.99. The number of carbonyl (C=O) groups excluding carboxylic acids is 1. The smallest absolute Gasteiger partial charge is 0.254 e. The molecule has 9 heteroatoms. The average molecular weight is 512 g/mol. The fraction of sp³-hybridized carbons (Fsp3) is 0.261. The van der Waals surface area contributed by atoms with Crippen LogP contribution in [0.5, 0.6) is 0 Å². The van der Waals surface area contributed by atoms with Crippen molar-refractivity contribution in [2.45, 2.75) is 26.8 Å². The molecule has 2 aromatic rings. The molecule has 0 bridgehead atoms. The summed E-state index contributed by atoms with van der Waals surface area (Å²) in [6.07, 6.45) is 0. The summed E-state index contributed by atoms with van der Waals surface area (Å²) >= 11 is 4.65. The molecule has 1 amide bonds. The molecular formula is C23H22BrN5O2S. The molecule has 4 rings (SSSR count). The molecule has 3 heterocycles. The van der Waals surface area contributed by atoms with Crippen molar-refractivity contribution in [3.63, 3.8) is 0 Å². The number of halogens is 1. The summed E-state index contributed by atoms with van der Waals surface area (Å²) in [5.74, 6) is 1.40. The zero-order valence-corrected chi connectivity index (χ0v) is 20.3. The van der Waals surface area contributed by atoms with Crippen molar-refractivity contribution in [3.05, 3.63) is 68.6 Å². The van der Waals surface area contributed by atoms with E-state index in [9.17, 15) is 10.1 Å². The number of aliphatic imine (C=N–C) groups is 1. The van der Waals surface area contributed by atoms with Crippen molar-refractivity contribution >= 4 is 38.8 Å². The molecule has 2 aliphatic rings. The quantitative estimate of drug-likeness (QED) is 0.608. The van der Waals surface area contributed by atoms with Gasteiger partial charge in [0.15, 0.2) is 5.17 Å². The van der Waals surface area contributed by atoms with Gasteiger partial charge in [0.25, 0.3) is 5.91 Å². The molecule has 1 atom stereocenters. The van der Waals surface area contributed by atoms with E-state index in [-0.39, 0.29) is 11.7 Å². The molecule has 0 saturated heterocycles. The predicted molar refractivity (Wildman–Crippen MR) is 129 cm³/mol. The Morgan fingerprint density at radius 2 is 1.97 bits per heavy atom. The fourth-order valence-corrected chi connectivity index (χ4v) is 5.01. The van der Waals surface area contributed by atoms with Gasteiger partial charge in [0.1, 0.15) is 34.4 Å². The third kappa shape index (κ3) is 3.74. The second kappa shape index (κ2) is 8.88. The van der Waals surface area contributed by atoms with Crippen molar-refractivity contribution in [1.29, 1.82) is 5.26 Å². The number of thioether (sulfide) groups is 1. The highest BCUT2D eigenvalue weighted by atomic mass is 79.9. The van der Waals surface area contributed by atoms with Crippen LogP contribution in [0, 0.1) is 11.3 Å². The lowest BCUT2D eigenvalue weighted by Crippen LogP contribution is -2.42. The molecular weight excluding hydrogens is 490 g/mol. The molecule has 0 radical (unpaired) electrons. The number of rotatable bonds is 5. The van der Waals surface area contributed by atoms with Crippen LogP contribution in [0.2, 0.25) is 0 Å². The van der Waals surface area contributed by atoms with Crippen LogP contribution in [-0.4, -0.2) is 34.0 Å². The second-order valence-corrected chi connectivity index (χ2v) is 9.17. The van der Waals surface area contributed by atoms with Crippen molar-refractivity contribution in [2.24, 2.45) is 10.7 Å². The maximum atomic E-state index is 13.5. The Kier molecular flexibility index (Phi) is 6.17. The van der Waals surface area contributed by atoms with Crippen LogP contribution >= 0.6 is 27.7 Å². The Bertz CT molecular complexity index is 1200. The van der Waals surface area contributed by atoms with Gasteiger partial charge in [0, 0.05) is 23.1 Å². The van der Waals surface area contributed by atoms with E-state index >= 15 is 0 Å². The Morgan fingerprint density at radius 1 is 1.28 bits per heavy atom. The van der Waals surface area contributed by atoms with Gasteiger partial charge < -0.3 is 15.1 Å². The van der Waals surface area contributed by atoms with E-state index in [1.165, 1.54) is 11.8 Å². The Morgan fingerprint density at radius 3 is 2.59 bits per heavy atom. The molecule has 0 aliphatic carbocycles. The monoisotopic (exact) mass is 511 g/mol. The number of allylic oxidation sites excluding steroid dienone is 2. The number of nitrogens with zero attached hydrogens (tertiary/aromatic N) is 4. The van der Waals surface area contributed by atoms with Crippen LogP contribution in [0.25, 0.3) is 11.3 Å². The summed E-state index contributed by atoms with van der Waals surface area (Å²) in [6.45, 7) is 6.84. The van der Waals surface area contributed by atoms with E-state index < -0.39 is 6.04 Å².